The Morgan fingerprint density at radius 3 is 1.86 bits per heavy atom. The average Bonchev–Trinajstić information content (AvgIpc) is 3.68. The average molecular weight is 746 g/mol. The molecular formula is C41H66Cl2N6O2. The lowest BCUT2D eigenvalue weighted by Crippen LogP contribution is -2.53. The molecule has 5 aliphatic rings. The summed E-state index contributed by atoms with van der Waals surface area (Å²) in [5, 5.41) is 5.22. The predicted molar refractivity (Wildman–Crippen MR) is 216 cm³/mol. The Labute approximate surface area is 319 Å². The summed E-state index contributed by atoms with van der Waals surface area (Å²) >= 11 is 12.0. The Morgan fingerprint density at radius 1 is 0.804 bits per heavy atom. The summed E-state index contributed by atoms with van der Waals surface area (Å²) in [6.07, 6.45) is 14.1. The van der Waals surface area contributed by atoms with Crippen LogP contribution in [0, 0.1) is 11.8 Å². The largest absolute Gasteiger partial charge is 0.381 e. The zero-order valence-corrected chi connectivity index (χ0v) is 30.0. The zero-order chi connectivity index (χ0) is 33.8. The van der Waals surface area contributed by atoms with Crippen molar-refractivity contribution in [3.05, 3.63) is 80.1 Å². The van der Waals surface area contributed by atoms with Crippen LogP contribution in [0.25, 0.3) is 10.4 Å². The second-order valence-corrected chi connectivity index (χ2v) is 15.4. The van der Waals surface area contributed by atoms with Gasteiger partial charge in [0.25, 0.3) is 0 Å². The fraction of sp³-hybridized carbons (Fsp3) is 0.683. The second kappa shape index (κ2) is 22.0. The van der Waals surface area contributed by atoms with Crippen LogP contribution in [0.1, 0.15) is 110 Å². The number of rotatable bonds is 8. The van der Waals surface area contributed by atoms with E-state index in [1.165, 1.54) is 70.1 Å². The Bertz CT molecular complexity index is 1330. The smallest absolute Gasteiger partial charge is 0.233 e. The Hall–Kier alpha value is -2.32. The van der Waals surface area contributed by atoms with E-state index in [1.54, 1.807) is 0 Å². The van der Waals surface area contributed by atoms with Crippen molar-refractivity contribution in [2.75, 3.05) is 59.0 Å². The van der Waals surface area contributed by atoms with Gasteiger partial charge in [0.05, 0.1) is 5.41 Å². The van der Waals surface area contributed by atoms with E-state index in [4.69, 9.17) is 39.2 Å². The second-order valence-electron chi connectivity index (χ2n) is 14.6. The van der Waals surface area contributed by atoms with Crippen LogP contribution in [0.15, 0.2) is 53.6 Å². The third-order valence-corrected chi connectivity index (χ3v) is 11.8. The molecule has 286 valence electrons. The SMILES string of the molecule is C.C.C.C1CCOC1.NC[C@@H]1CCCN(CC2(c3ccc(Cl)cc3)CCC2)C1.[N-]=[N+]=NC[C@@H]1CCCN(C(=O)C2(c3ccc(Cl)cc3)CCC2)C1. The first-order valence-corrected chi connectivity index (χ1v) is 19.0. The van der Waals surface area contributed by atoms with E-state index in [9.17, 15) is 4.79 Å². The molecule has 2 aliphatic carbocycles. The van der Waals surface area contributed by atoms with Gasteiger partial charge in [-0.15, -0.1) is 0 Å². The van der Waals surface area contributed by atoms with E-state index in [0.29, 0.717) is 29.4 Å². The summed E-state index contributed by atoms with van der Waals surface area (Å²) < 4.78 is 4.94. The molecule has 7 rings (SSSR count). The van der Waals surface area contributed by atoms with Gasteiger partial charge in [-0.2, -0.15) is 0 Å². The summed E-state index contributed by atoms with van der Waals surface area (Å²) in [5.41, 5.74) is 16.9. The van der Waals surface area contributed by atoms with Crippen LogP contribution in [-0.4, -0.2) is 74.7 Å². The number of carbonyl (C=O) groups is 1. The van der Waals surface area contributed by atoms with Gasteiger partial charge in [0.15, 0.2) is 0 Å². The maximum Gasteiger partial charge on any atom is 0.233 e. The van der Waals surface area contributed by atoms with Gasteiger partial charge in [-0.3, -0.25) is 4.79 Å². The molecule has 0 radical (unpaired) electrons. The van der Waals surface area contributed by atoms with E-state index < -0.39 is 0 Å². The maximum absolute atomic E-state index is 13.2. The van der Waals surface area contributed by atoms with E-state index in [-0.39, 0.29) is 39.5 Å². The third-order valence-electron chi connectivity index (χ3n) is 11.3. The Morgan fingerprint density at radius 2 is 1.37 bits per heavy atom. The predicted octanol–water partition coefficient (Wildman–Crippen LogP) is 10.4. The first-order valence-electron chi connectivity index (χ1n) is 18.2. The molecule has 2 aromatic carbocycles. The normalized spacial score (nSPS) is 22.9. The van der Waals surface area contributed by atoms with Gasteiger partial charge in [0.1, 0.15) is 0 Å². The van der Waals surface area contributed by atoms with Crippen molar-refractivity contribution in [1.82, 2.24) is 9.80 Å². The van der Waals surface area contributed by atoms with Crippen molar-refractivity contribution in [2.24, 2.45) is 22.7 Å². The number of hydrogen-bond acceptors (Lipinski definition) is 5. The Kier molecular flexibility index (Phi) is 19.4. The van der Waals surface area contributed by atoms with Crippen LogP contribution in [0.5, 0.6) is 0 Å². The van der Waals surface area contributed by atoms with Crippen LogP contribution >= 0.6 is 23.2 Å². The van der Waals surface area contributed by atoms with E-state index in [2.05, 4.69) is 27.1 Å². The van der Waals surface area contributed by atoms with Gasteiger partial charge in [0.2, 0.25) is 5.91 Å². The highest BCUT2D eigenvalue weighted by atomic mass is 35.5. The molecule has 3 saturated heterocycles. The fourth-order valence-electron chi connectivity index (χ4n) is 8.15. The molecule has 3 heterocycles. The number of amides is 1. The van der Waals surface area contributed by atoms with Gasteiger partial charge in [-0.1, -0.05) is 87.7 Å². The molecule has 2 N–H and O–H groups in total. The minimum atomic E-state index is -0.370. The third kappa shape index (κ3) is 11.8. The number of nitrogens with zero attached hydrogens (tertiary/aromatic N) is 5. The van der Waals surface area contributed by atoms with Crippen molar-refractivity contribution in [3.8, 4) is 0 Å². The summed E-state index contributed by atoms with van der Waals surface area (Å²) in [6.45, 7) is 8.45. The lowest BCUT2D eigenvalue weighted by molar-refractivity contribution is -0.142. The van der Waals surface area contributed by atoms with Crippen LogP contribution in [0.3, 0.4) is 0 Å². The molecule has 0 unspecified atom stereocenters. The van der Waals surface area contributed by atoms with Crippen molar-refractivity contribution in [2.45, 2.75) is 110 Å². The van der Waals surface area contributed by atoms with Crippen LogP contribution in [0.2, 0.25) is 10.0 Å². The highest BCUT2D eigenvalue weighted by Crippen LogP contribution is 2.46. The zero-order valence-electron chi connectivity index (χ0n) is 28.5. The number of benzene rings is 2. The summed E-state index contributed by atoms with van der Waals surface area (Å²) in [4.78, 5) is 20.7. The number of carbonyl (C=O) groups excluding carboxylic acids is 1. The van der Waals surface area contributed by atoms with E-state index >= 15 is 0 Å². The highest BCUT2D eigenvalue weighted by Gasteiger charge is 2.48. The number of ether oxygens (including phenoxy) is 1. The lowest BCUT2D eigenvalue weighted by Gasteiger charge is -2.47. The molecule has 0 bridgehead atoms. The lowest BCUT2D eigenvalue weighted by atomic mass is 9.63. The molecule has 8 nitrogen and oxygen atoms in total. The van der Waals surface area contributed by atoms with Gasteiger partial charge in [-0.05, 0) is 130 Å². The Balaban J connectivity index is 0.000000297. The quantitative estimate of drug-likeness (QED) is 0.165. The van der Waals surface area contributed by atoms with Gasteiger partial charge in [-0.25, -0.2) is 0 Å². The molecule has 51 heavy (non-hydrogen) atoms. The number of nitrogens with two attached hydrogens (primary N) is 1. The topological polar surface area (TPSA) is 108 Å². The molecular weight excluding hydrogens is 679 g/mol. The van der Waals surface area contributed by atoms with Gasteiger partial charge >= 0.3 is 0 Å². The van der Waals surface area contributed by atoms with Crippen LogP contribution in [-0.2, 0) is 20.4 Å². The number of hydrogen-bond donors (Lipinski definition) is 1. The van der Waals surface area contributed by atoms with Crippen LogP contribution in [0.4, 0.5) is 0 Å². The molecule has 0 aromatic heterocycles. The first-order chi connectivity index (χ1) is 23.4. The number of halogens is 2. The molecule has 2 atom stereocenters. The standard InChI is InChI=1S/C17H21ClN4O.C17H25ClN2.C4H8O.3CH4/c18-15-6-4-14(5-7-15)17(8-2-9-17)16(23)22-10-1-3-13(12-22)11-20-21-19;18-16-6-4-15(5-7-16)17(8-2-9-17)13-20-10-1-3-14(11-19)12-20;1-2-4-5-3-1;;;/h4-7,13H,1-3,8-12H2;4-7,14H,1-3,8-13,19H2;1-4H2;3*1H4/t13-;14-;;;;/m00..../s1. The minimum absolute atomic E-state index is 0. The van der Waals surface area contributed by atoms with E-state index in [0.717, 1.165) is 69.0 Å². The summed E-state index contributed by atoms with van der Waals surface area (Å²) in [7, 11) is 0. The summed E-state index contributed by atoms with van der Waals surface area (Å²) in [5.74, 6) is 1.22. The number of piperidine rings is 2. The maximum atomic E-state index is 13.2. The number of likely N-dealkylation sites (tertiary alicyclic amines) is 2. The molecule has 1 amide bonds. The van der Waals surface area contributed by atoms with Gasteiger partial charge < -0.3 is 20.3 Å². The van der Waals surface area contributed by atoms with Gasteiger partial charge in [0, 0.05) is 66.3 Å². The van der Waals surface area contributed by atoms with E-state index in [1.807, 2.05) is 41.3 Å². The molecule has 3 aliphatic heterocycles. The number of azide groups is 1. The monoisotopic (exact) mass is 744 g/mol. The van der Waals surface area contributed by atoms with Crippen molar-refractivity contribution in [3.63, 3.8) is 0 Å². The fourth-order valence-corrected chi connectivity index (χ4v) is 8.40. The van der Waals surface area contributed by atoms with Crippen molar-refractivity contribution in [1.29, 1.82) is 0 Å². The van der Waals surface area contributed by atoms with Crippen molar-refractivity contribution >= 4 is 29.1 Å². The van der Waals surface area contributed by atoms with Crippen LogP contribution < -0.4 is 5.73 Å². The summed E-state index contributed by atoms with van der Waals surface area (Å²) in [6, 6.07) is 16.2. The molecule has 5 fully saturated rings. The molecule has 2 aromatic rings. The molecule has 2 saturated carbocycles. The van der Waals surface area contributed by atoms with Crippen molar-refractivity contribution < 1.29 is 9.53 Å². The molecule has 0 spiro atoms. The molecule has 10 heteroatoms. The highest BCUT2D eigenvalue weighted by molar-refractivity contribution is 6.30. The minimum Gasteiger partial charge on any atom is -0.381 e. The first kappa shape index (κ1) is 44.8.